The first kappa shape index (κ1) is 8.53. The molecule has 0 aliphatic carbocycles. The highest BCUT2D eigenvalue weighted by Crippen LogP contribution is 2.20. The van der Waals surface area contributed by atoms with E-state index in [0.29, 0.717) is 11.7 Å². The lowest BCUT2D eigenvalue weighted by Gasteiger charge is -1.91. The van der Waals surface area contributed by atoms with Gasteiger partial charge in [0.15, 0.2) is 5.15 Å². The fraction of sp³-hybridized carbons (Fsp3) is 0.222. The Morgan fingerprint density at radius 2 is 2.38 bits per heavy atom. The number of halogens is 1. The molecule has 0 unspecified atom stereocenters. The van der Waals surface area contributed by atoms with Crippen molar-refractivity contribution in [1.82, 2.24) is 9.97 Å². The number of nitrogens with two attached hydrogens (primary N) is 1. The van der Waals surface area contributed by atoms with Gasteiger partial charge in [0.1, 0.15) is 0 Å². The first-order valence-electron chi connectivity index (χ1n) is 4.13. The van der Waals surface area contributed by atoms with Gasteiger partial charge in [-0.1, -0.05) is 11.6 Å². The summed E-state index contributed by atoms with van der Waals surface area (Å²) in [4.78, 5) is 7.17. The van der Waals surface area contributed by atoms with Crippen molar-refractivity contribution in [2.24, 2.45) is 5.73 Å². The molecule has 3 nitrogen and oxygen atoms in total. The van der Waals surface area contributed by atoms with E-state index in [2.05, 4.69) is 16.0 Å². The third-order valence-electron chi connectivity index (χ3n) is 1.97. The maximum Gasteiger partial charge on any atom is 0.153 e. The Morgan fingerprint density at radius 1 is 1.54 bits per heavy atom. The van der Waals surface area contributed by atoms with Gasteiger partial charge in [0, 0.05) is 17.3 Å². The van der Waals surface area contributed by atoms with E-state index in [4.69, 9.17) is 17.3 Å². The van der Waals surface area contributed by atoms with E-state index in [1.165, 1.54) is 0 Å². The van der Waals surface area contributed by atoms with Crippen LogP contribution in [-0.2, 0) is 6.42 Å². The second-order valence-electron chi connectivity index (χ2n) is 2.90. The molecule has 0 fully saturated rings. The van der Waals surface area contributed by atoms with Gasteiger partial charge in [-0.2, -0.15) is 0 Å². The van der Waals surface area contributed by atoms with Crippen LogP contribution < -0.4 is 5.73 Å². The molecule has 0 aliphatic heterocycles. The number of aromatic nitrogens is 2. The molecule has 2 rings (SSSR count). The van der Waals surface area contributed by atoms with E-state index in [1.807, 2.05) is 6.07 Å². The molecular weight excluding hydrogens is 186 g/mol. The van der Waals surface area contributed by atoms with Crippen LogP contribution in [0.3, 0.4) is 0 Å². The summed E-state index contributed by atoms with van der Waals surface area (Å²) in [5, 5.41) is 1.60. The number of H-pyrrole nitrogens is 1. The molecule has 0 saturated heterocycles. The standard InChI is InChI=1S/C9H10ClN3/c10-9-8-6(2-4-12-9)5-7(13-8)1-3-11/h2,4-5,13H,1,3,11H2. The molecular formula is C9H10ClN3. The Bertz CT molecular complexity index is 422. The van der Waals surface area contributed by atoms with Gasteiger partial charge in [0.25, 0.3) is 0 Å². The molecule has 2 aromatic heterocycles. The van der Waals surface area contributed by atoms with Crippen molar-refractivity contribution >= 4 is 22.5 Å². The number of hydrogen-bond donors (Lipinski definition) is 2. The largest absolute Gasteiger partial charge is 0.356 e. The van der Waals surface area contributed by atoms with Crippen molar-refractivity contribution in [2.75, 3.05) is 6.54 Å². The fourth-order valence-corrected chi connectivity index (χ4v) is 1.58. The van der Waals surface area contributed by atoms with Crippen LogP contribution in [0.1, 0.15) is 5.69 Å². The maximum absolute atomic E-state index is 5.90. The van der Waals surface area contributed by atoms with Crippen LogP contribution in [0.25, 0.3) is 10.9 Å². The molecule has 0 saturated carbocycles. The quantitative estimate of drug-likeness (QED) is 0.717. The van der Waals surface area contributed by atoms with Crippen LogP contribution in [0.15, 0.2) is 18.3 Å². The Kier molecular flexibility index (Phi) is 2.20. The van der Waals surface area contributed by atoms with Gasteiger partial charge in [-0.25, -0.2) is 4.98 Å². The Labute approximate surface area is 80.9 Å². The van der Waals surface area contributed by atoms with Crippen molar-refractivity contribution in [3.8, 4) is 0 Å². The molecule has 2 heterocycles. The number of nitrogens with zero attached hydrogens (tertiary/aromatic N) is 1. The maximum atomic E-state index is 5.90. The van der Waals surface area contributed by atoms with Gasteiger partial charge >= 0.3 is 0 Å². The third-order valence-corrected chi connectivity index (χ3v) is 2.25. The molecule has 0 aromatic carbocycles. The molecule has 0 atom stereocenters. The van der Waals surface area contributed by atoms with Crippen LogP contribution in [0.4, 0.5) is 0 Å². The number of nitrogens with one attached hydrogen (secondary N) is 1. The number of fused-ring (bicyclic) bond motifs is 1. The minimum absolute atomic E-state index is 0.515. The lowest BCUT2D eigenvalue weighted by atomic mass is 10.3. The van der Waals surface area contributed by atoms with Crippen LogP contribution in [0.5, 0.6) is 0 Å². The second-order valence-corrected chi connectivity index (χ2v) is 3.26. The van der Waals surface area contributed by atoms with Crippen molar-refractivity contribution in [2.45, 2.75) is 6.42 Å². The van der Waals surface area contributed by atoms with E-state index in [1.54, 1.807) is 6.20 Å². The van der Waals surface area contributed by atoms with Crippen LogP contribution in [0.2, 0.25) is 5.15 Å². The van der Waals surface area contributed by atoms with Gasteiger partial charge in [0.05, 0.1) is 5.52 Å². The second kappa shape index (κ2) is 3.36. The third kappa shape index (κ3) is 1.53. The first-order valence-corrected chi connectivity index (χ1v) is 4.51. The van der Waals surface area contributed by atoms with E-state index in [9.17, 15) is 0 Å². The summed E-state index contributed by atoms with van der Waals surface area (Å²) in [5.74, 6) is 0. The lowest BCUT2D eigenvalue weighted by Crippen LogP contribution is -2.02. The number of aromatic amines is 1. The zero-order chi connectivity index (χ0) is 9.26. The highest BCUT2D eigenvalue weighted by atomic mass is 35.5. The molecule has 0 bridgehead atoms. The van der Waals surface area contributed by atoms with Crippen molar-refractivity contribution in [1.29, 1.82) is 0 Å². The Morgan fingerprint density at radius 3 is 3.08 bits per heavy atom. The molecule has 4 heteroatoms. The van der Waals surface area contributed by atoms with Crippen molar-refractivity contribution in [3.63, 3.8) is 0 Å². The zero-order valence-electron chi connectivity index (χ0n) is 7.05. The Balaban J connectivity index is 2.55. The molecule has 2 aromatic rings. The van der Waals surface area contributed by atoms with E-state index >= 15 is 0 Å². The molecule has 0 spiro atoms. The summed E-state index contributed by atoms with van der Waals surface area (Å²) in [6.45, 7) is 0.637. The summed E-state index contributed by atoms with van der Waals surface area (Å²) in [6.07, 6.45) is 2.54. The number of hydrogen-bond acceptors (Lipinski definition) is 2. The minimum atomic E-state index is 0.515. The molecule has 0 amide bonds. The molecule has 3 N–H and O–H groups in total. The summed E-state index contributed by atoms with van der Waals surface area (Å²) < 4.78 is 0. The van der Waals surface area contributed by atoms with E-state index < -0.39 is 0 Å². The highest BCUT2D eigenvalue weighted by molar-refractivity contribution is 6.33. The molecule has 0 radical (unpaired) electrons. The minimum Gasteiger partial charge on any atom is -0.356 e. The molecule has 68 valence electrons. The van der Waals surface area contributed by atoms with Gasteiger partial charge in [-0.05, 0) is 25.1 Å². The van der Waals surface area contributed by atoms with E-state index in [-0.39, 0.29) is 0 Å². The SMILES string of the molecule is NCCc1cc2ccnc(Cl)c2[nH]1. The van der Waals surface area contributed by atoms with Gasteiger partial charge in [0.2, 0.25) is 0 Å². The van der Waals surface area contributed by atoms with Gasteiger partial charge in [-0.15, -0.1) is 0 Å². The fourth-order valence-electron chi connectivity index (χ4n) is 1.37. The highest BCUT2D eigenvalue weighted by Gasteiger charge is 2.03. The Hall–Kier alpha value is -1.06. The molecule has 0 aliphatic rings. The number of rotatable bonds is 2. The van der Waals surface area contributed by atoms with Gasteiger partial charge < -0.3 is 10.7 Å². The molecule has 13 heavy (non-hydrogen) atoms. The topological polar surface area (TPSA) is 54.7 Å². The smallest absolute Gasteiger partial charge is 0.153 e. The van der Waals surface area contributed by atoms with Crippen LogP contribution in [0, 0.1) is 0 Å². The number of pyridine rings is 1. The zero-order valence-corrected chi connectivity index (χ0v) is 7.80. The summed E-state index contributed by atoms with van der Waals surface area (Å²) >= 11 is 5.90. The average molecular weight is 196 g/mol. The van der Waals surface area contributed by atoms with Gasteiger partial charge in [-0.3, -0.25) is 0 Å². The van der Waals surface area contributed by atoms with Crippen molar-refractivity contribution < 1.29 is 0 Å². The lowest BCUT2D eigenvalue weighted by molar-refractivity contribution is 0.939. The predicted molar refractivity (Wildman–Crippen MR) is 53.9 cm³/mol. The summed E-state index contributed by atoms with van der Waals surface area (Å²) in [6, 6.07) is 3.98. The van der Waals surface area contributed by atoms with E-state index in [0.717, 1.165) is 23.0 Å². The summed E-state index contributed by atoms with van der Waals surface area (Å²) in [7, 11) is 0. The first-order chi connectivity index (χ1) is 6.31. The average Bonchev–Trinajstić information content (AvgIpc) is 2.49. The normalized spacial score (nSPS) is 10.9. The van der Waals surface area contributed by atoms with Crippen LogP contribution in [-0.4, -0.2) is 16.5 Å². The van der Waals surface area contributed by atoms with Crippen LogP contribution >= 0.6 is 11.6 Å². The van der Waals surface area contributed by atoms with Crippen molar-refractivity contribution in [3.05, 3.63) is 29.2 Å². The summed E-state index contributed by atoms with van der Waals surface area (Å²) in [5.41, 5.74) is 7.45. The predicted octanol–water partition coefficient (Wildman–Crippen LogP) is 1.72. The monoisotopic (exact) mass is 195 g/mol.